The lowest BCUT2D eigenvalue weighted by molar-refractivity contribution is -0.162. The molecule has 0 radical (unpaired) electrons. The molecular formula is C14H11F6N3O2S. The van der Waals surface area contributed by atoms with Gasteiger partial charge in [0.15, 0.2) is 0 Å². The molecule has 0 bridgehead atoms. The molecule has 1 aliphatic carbocycles. The molecule has 1 amide bonds. The Kier molecular flexibility index (Phi) is 4.71. The summed E-state index contributed by atoms with van der Waals surface area (Å²) >= 11 is 0.991. The van der Waals surface area contributed by atoms with E-state index in [0.29, 0.717) is 17.7 Å². The third-order valence-electron chi connectivity index (χ3n) is 3.54. The van der Waals surface area contributed by atoms with Crippen molar-refractivity contribution in [2.75, 3.05) is 0 Å². The molecule has 142 valence electrons. The van der Waals surface area contributed by atoms with Gasteiger partial charge in [0, 0.05) is 10.9 Å². The topological polar surface area (TPSA) is 59.2 Å². The van der Waals surface area contributed by atoms with Gasteiger partial charge in [-0.1, -0.05) is 5.16 Å². The van der Waals surface area contributed by atoms with Gasteiger partial charge in [0.1, 0.15) is 6.42 Å². The fraction of sp³-hybridized carbons (Fsp3) is 0.500. The van der Waals surface area contributed by atoms with E-state index < -0.39 is 30.6 Å². The number of hydrogen-bond acceptors (Lipinski definition) is 5. The van der Waals surface area contributed by atoms with Crippen molar-refractivity contribution in [2.24, 2.45) is 0 Å². The zero-order valence-electron chi connectivity index (χ0n) is 12.9. The first-order valence-corrected chi connectivity index (χ1v) is 8.21. The van der Waals surface area contributed by atoms with Crippen LogP contribution < -0.4 is 0 Å². The average Bonchev–Trinajstić information content (AvgIpc) is 3.02. The molecule has 0 unspecified atom stereocenters. The molecule has 0 N–H and O–H groups in total. The van der Waals surface area contributed by atoms with Crippen LogP contribution in [0.25, 0.3) is 10.7 Å². The smallest absolute Gasteiger partial charge is 0.334 e. The van der Waals surface area contributed by atoms with Crippen LogP contribution in [-0.4, -0.2) is 33.2 Å². The molecular weight excluding hydrogens is 388 g/mol. The molecule has 3 rings (SSSR count). The summed E-state index contributed by atoms with van der Waals surface area (Å²) in [5, 5.41) is 3.25. The summed E-state index contributed by atoms with van der Waals surface area (Å²) in [4.78, 5) is 17.1. The van der Waals surface area contributed by atoms with Gasteiger partial charge in [0.05, 0.1) is 11.4 Å². The molecule has 0 aromatic carbocycles. The first kappa shape index (κ1) is 18.7. The number of rotatable bonds is 5. The summed E-state index contributed by atoms with van der Waals surface area (Å²) in [5.74, 6) is -2.77. The maximum atomic E-state index is 12.5. The number of aromatic nitrogens is 2. The van der Waals surface area contributed by atoms with Crippen LogP contribution in [0.4, 0.5) is 26.3 Å². The third-order valence-corrected chi connectivity index (χ3v) is 4.60. The van der Waals surface area contributed by atoms with E-state index in [0.717, 1.165) is 16.2 Å². The summed E-state index contributed by atoms with van der Waals surface area (Å²) in [6.45, 7) is -0.0474. The molecule has 1 fully saturated rings. The number of halogens is 6. The molecule has 0 saturated heterocycles. The SMILES string of the molecule is O=C(CC(F)(F)F)N(Cc1ccc(-c2noc(C(F)(F)F)n2)s1)C1CC1. The monoisotopic (exact) mass is 399 g/mol. The maximum Gasteiger partial charge on any atom is 0.471 e. The number of thiophene rings is 1. The van der Waals surface area contributed by atoms with E-state index >= 15 is 0 Å². The Morgan fingerprint density at radius 2 is 1.92 bits per heavy atom. The Morgan fingerprint density at radius 1 is 1.23 bits per heavy atom. The highest BCUT2D eigenvalue weighted by Crippen LogP contribution is 2.35. The molecule has 1 saturated carbocycles. The van der Waals surface area contributed by atoms with Gasteiger partial charge in [0.2, 0.25) is 11.7 Å². The second kappa shape index (κ2) is 6.56. The van der Waals surface area contributed by atoms with Crippen molar-refractivity contribution in [3.05, 3.63) is 22.9 Å². The van der Waals surface area contributed by atoms with Gasteiger partial charge in [-0.05, 0) is 25.0 Å². The van der Waals surface area contributed by atoms with E-state index in [1.54, 1.807) is 0 Å². The van der Waals surface area contributed by atoms with Crippen molar-refractivity contribution in [1.82, 2.24) is 15.0 Å². The minimum absolute atomic E-state index is 0.0474. The van der Waals surface area contributed by atoms with Crippen molar-refractivity contribution in [3.8, 4) is 10.7 Å². The molecule has 0 atom stereocenters. The predicted octanol–water partition coefficient (Wildman–Crippen LogP) is 4.26. The number of carbonyl (C=O) groups excluding carboxylic acids is 1. The van der Waals surface area contributed by atoms with Crippen LogP contribution in [0.1, 0.15) is 30.0 Å². The van der Waals surface area contributed by atoms with Crippen LogP contribution in [0, 0.1) is 0 Å². The Bertz CT molecular complexity index is 793. The molecule has 26 heavy (non-hydrogen) atoms. The maximum absolute atomic E-state index is 12.5. The summed E-state index contributed by atoms with van der Waals surface area (Å²) in [6, 6.07) is 2.71. The zero-order valence-corrected chi connectivity index (χ0v) is 13.7. The van der Waals surface area contributed by atoms with Crippen molar-refractivity contribution in [3.63, 3.8) is 0 Å². The Labute approximate surface area is 146 Å². The molecule has 2 aromatic heterocycles. The van der Waals surface area contributed by atoms with Crippen molar-refractivity contribution in [1.29, 1.82) is 0 Å². The highest BCUT2D eigenvalue weighted by molar-refractivity contribution is 7.15. The fourth-order valence-electron chi connectivity index (χ4n) is 2.27. The lowest BCUT2D eigenvalue weighted by Gasteiger charge is -2.22. The van der Waals surface area contributed by atoms with E-state index in [-0.39, 0.29) is 23.3 Å². The molecule has 5 nitrogen and oxygen atoms in total. The highest BCUT2D eigenvalue weighted by Gasteiger charge is 2.40. The van der Waals surface area contributed by atoms with Crippen LogP contribution in [0.3, 0.4) is 0 Å². The van der Waals surface area contributed by atoms with E-state index in [4.69, 9.17) is 0 Å². The summed E-state index contributed by atoms with van der Waals surface area (Å²) in [7, 11) is 0. The van der Waals surface area contributed by atoms with Gasteiger partial charge in [-0.25, -0.2) is 0 Å². The van der Waals surface area contributed by atoms with Crippen LogP contribution in [0.2, 0.25) is 0 Å². The minimum atomic E-state index is -4.77. The lowest BCUT2D eigenvalue weighted by atomic mass is 10.3. The average molecular weight is 399 g/mol. The molecule has 2 heterocycles. The van der Waals surface area contributed by atoms with Crippen molar-refractivity contribution < 1.29 is 35.7 Å². The summed E-state index contributed by atoms with van der Waals surface area (Å²) in [6.07, 6.45) is -9.65. The third kappa shape index (κ3) is 4.54. The summed E-state index contributed by atoms with van der Waals surface area (Å²) < 4.78 is 78.9. The number of amides is 1. The van der Waals surface area contributed by atoms with E-state index in [1.807, 2.05) is 0 Å². The molecule has 2 aromatic rings. The first-order chi connectivity index (χ1) is 12.0. The van der Waals surface area contributed by atoms with Crippen LogP contribution in [0.15, 0.2) is 16.7 Å². The Morgan fingerprint density at radius 3 is 2.46 bits per heavy atom. The van der Waals surface area contributed by atoms with E-state index in [1.165, 1.54) is 12.1 Å². The Hall–Kier alpha value is -2.11. The fourth-order valence-corrected chi connectivity index (χ4v) is 3.20. The number of carbonyl (C=O) groups is 1. The van der Waals surface area contributed by atoms with Crippen LogP contribution in [0.5, 0.6) is 0 Å². The molecule has 12 heteroatoms. The van der Waals surface area contributed by atoms with E-state index in [2.05, 4.69) is 14.7 Å². The molecule has 0 aliphatic heterocycles. The number of nitrogens with zero attached hydrogens (tertiary/aromatic N) is 3. The van der Waals surface area contributed by atoms with Gasteiger partial charge in [-0.2, -0.15) is 31.3 Å². The van der Waals surface area contributed by atoms with Gasteiger partial charge < -0.3 is 9.42 Å². The van der Waals surface area contributed by atoms with Gasteiger partial charge in [-0.3, -0.25) is 4.79 Å². The number of hydrogen-bond donors (Lipinski definition) is 0. The van der Waals surface area contributed by atoms with E-state index in [9.17, 15) is 31.1 Å². The first-order valence-electron chi connectivity index (χ1n) is 7.39. The van der Waals surface area contributed by atoms with Gasteiger partial charge in [0.25, 0.3) is 0 Å². The molecule has 1 aliphatic rings. The van der Waals surface area contributed by atoms with Crippen molar-refractivity contribution in [2.45, 2.75) is 44.2 Å². The van der Waals surface area contributed by atoms with Crippen molar-refractivity contribution >= 4 is 17.2 Å². The molecule has 0 spiro atoms. The zero-order chi connectivity index (χ0) is 19.1. The normalized spacial score (nSPS) is 15.3. The predicted molar refractivity (Wildman–Crippen MR) is 76.9 cm³/mol. The lowest BCUT2D eigenvalue weighted by Crippen LogP contribution is -2.35. The largest absolute Gasteiger partial charge is 0.471 e. The quantitative estimate of drug-likeness (QED) is 0.705. The van der Waals surface area contributed by atoms with Gasteiger partial charge >= 0.3 is 18.2 Å². The van der Waals surface area contributed by atoms with Crippen LogP contribution >= 0.6 is 11.3 Å². The summed E-state index contributed by atoms with van der Waals surface area (Å²) in [5.41, 5.74) is 0. The van der Waals surface area contributed by atoms with Crippen LogP contribution in [-0.2, 0) is 17.5 Å². The standard InChI is InChI=1S/C14H11F6N3O2S/c15-13(16,17)5-10(24)23(7-1-2-7)6-8-3-4-9(26-8)11-21-12(25-22-11)14(18,19)20/h3-4,7H,1-2,5-6H2. The number of alkyl halides is 6. The Balaban J connectivity index is 1.72. The second-order valence-electron chi connectivity index (χ2n) is 5.73. The highest BCUT2D eigenvalue weighted by atomic mass is 32.1. The minimum Gasteiger partial charge on any atom is -0.334 e. The second-order valence-corrected chi connectivity index (χ2v) is 6.90. The van der Waals surface area contributed by atoms with Gasteiger partial charge in [-0.15, -0.1) is 11.3 Å².